The lowest BCUT2D eigenvalue weighted by Crippen LogP contribution is -2.58. The summed E-state index contributed by atoms with van der Waals surface area (Å²) in [6.45, 7) is 7.38. The highest BCUT2D eigenvalue weighted by Gasteiger charge is 2.62. The predicted molar refractivity (Wildman–Crippen MR) is 118 cm³/mol. The quantitative estimate of drug-likeness (QED) is 0.512. The molecule has 3 N–H and O–H groups in total. The third-order valence-corrected chi connectivity index (χ3v) is 10.7. The van der Waals surface area contributed by atoms with Gasteiger partial charge in [0, 0.05) is 6.42 Å². The van der Waals surface area contributed by atoms with E-state index in [0.29, 0.717) is 29.6 Å². The van der Waals surface area contributed by atoms with Gasteiger partial charge in [0.05, 0.1) is 12.2 Å². The van der Waals surface area contributed by atoms with E-state index >= 15 is 0 Å². The summed E-state index contributed by atoms with van der Waals surface area (Å²) < 4.78 is 0. The summed E-state index contributed by atoms with van der Waals surface area (Å²) in [5, 5.41) is 30.3. The van der Waals surface area contributed by atoms with E-state index in [2.05, 4.69) is 20.8 Å². The van der Waals surface area contributed by atoms with Crippen LogP contribution in [0.15, 0.2) is 0 Å². The van der Waals surface area contributed by atoms with Gasteiger partial charge in [-0.2, -0.15) is 0 Å². The number of hydrogen-bond acceptors (Lipinski definition) is 3. The van der Waals surface area contributed by atoms with Crippen molar-refractivity contribution >= 4 is 5.97 Å². The van der Waals surface area contributed by atoms with Crippen molar-refractivity contribution in [1.29, 1.82) is 0 Å². The summed E-state index contributed by atoms with van der Waals surface area (Å²) in [7, 11) is 0. The fourth-order valence-corrected chi connectivity index (χ4v) is 9.20. The number of aliphatic carboxylic acids is 1. The summed E-state index contributed by atoms with van der Waals surface area (Å²) in [6, 6.07) is 0. The minimum absolute atomic E-state index is 0.198. The van der Waals surface area contributed by atoms with Crippen molar-refractivity contribution in [2.45, 2.75) is 110 Å². The molecule has 4 nitrogen and oxygen atoms in total. The topological polar surface area (TPSA) is 77.8 Å². The summed E-state index contributed by atoms with van der Waals surface area (Å²) in [5.41, 5.74) is 0.577. The summed E-state index contributed by atoms with van der Waals surface area (Å²) in [6.07, 6.45) is 11.7. The smallest absolute Gasteiger partial charge is 0.303 e. The molecule has 4 fully saturated rings. The largest absolute Gasteiger partial charge is 0.481 e. The highest BCUT2D eigenvalue weighted by atomic mass is 16.4. The van der Waals surface area contributed by atoms with Gasteiger partial charge in [-0.25, -0.2) is 0 Å². The first-order valence-electron chi connectivity index (χ1n) is 12.7. The fourth-order valence-electron chi connectivity index (χ4n) is 9.20. The van der Waals surface area contributed by atoms with E-state index in [1.807, 2.05) is 0 Å². The maximum atomic E-state index is 11.1. The van der Waals surface area contributed by atoms with E-state index in [9.17, 15) is 15.0 Å². The SMILES string of the molecule is C[C@H](CCCCC(=O)O)[C@H]1CC[C@H]2[C@@H]3C[C@@H](O)[C@@H]4CC(O)CC[C@]4(C)[C@H]3CC[C@]12C. The number of hydrogen-bond donors (Lipinski definition) is 3. The van der Waals surface area contributed by atoms with Crippen molar-refractivity contribution in [1.82, 2.24) is 0 Å². The monoisotopic (exact) mass is 420 g/mol. The Kier molecular flexibility index (Phi) is 6.31. The van der Waals surface area contributed by atoms with Crippen LogP contribution in [0.3, 0.4) is 0 Å². The highest BCUT2D eigenvalue weighted by molar-refractivity contribution is 5.66. The van der Waals surface area contributed by atoms with Gasteiger partial charge in [0.25, 0.3) is 0 Å². The minimum Gasteiger partial charge on any atom is -0.481 e. The fraction of sp³-hybridized carbons (Fsp3) is 0.962. The Bertz CT molecular complexity index is 635. The van der Waals surface area contributed by atoms with Crippen LogP contribution in [0.25, 0.3) is 0 Å². The van der Waals surface area contributed by atoms with Crippen molar-refractivity contribution in [3.8, 4) is 0 Å². The van der Waals surface area contributed by atoms with Gasteiger partial charge in [0.15, 0.2) is 0 Å². The van der Waals surface area contributed by atoms with Gasteiger partial charge in [0.2, 0.25) is 0 Å². The molecule has 4 saturated carbocycles. The van der Waals surface area contributed by atoms with Crippen LogP contribution in [0, 0.1) is 46.3 Å². The molecule has 0 aliphatic heterocycles. The first kappa shape index (κ1) is 22.6. The Morgan fingerprint density at radius 3 is 2.37 bits per heavy atom. The Morgan fingerprint density at radius 2 is 1.63 bits per heavy atom. The zero-order valence-electron chi connectivity index (χ0n) is 19.4. The maximum Gasteiger partial charge on any atom is 0.303 e. The standard InChI is InChI=1S/C26H44O4/c1-16(6-4-5-7-24(29)30)19-8-9-20-18-15-23(28)22-14-17(27)10-12-26(22,3)21(18)11-13-25(19,20)2/h16-23,27-28H,4-15H2,1-3H3,(H,29,30)/t16-,17?,18+,19-,20+,21+,22+,23-,25-,26-/m1/s1. The summed E-state index contributed by atoms with van der Waals surface area (Å²) in [4.78, 5) is 10.8. The molecule has 0 bridgehead atoms. The molecule has 0 spiro atoms. The lowest BCUT2D eigenvalue weighted by Gasteiger charge is -2.62. The van der Waals surface area contributed by atoms with E-state index in [-0.39, 0.29) is 23.5 Å². The van der Waals surface area contributed by atoms with Gasteiger partial charge in [-0.15, -0.1) is 0 Å². The van der Waals surface area contributed by atoms with Crippen LogP contribution < -0.4 is 0 Å². The average molecular weight is 421 g/mol. The second kappa shape index (κ2) is 8.39. The molecule has 0 radical (unpaired) electrons. The van der Waals surface area contributed by atoms with Crippen molar-refractivity contribution in [2.24, 2.45) is 46.3 Å². The van der Waals surface area contributed by atoms with E-state index in [4.69, 9.17) is 5.11 Å². The number of carbonyl (C=O) groups is 1. The molecule has 4 rings (SSSR count). The Labute approximate surface area is 182 Å². The number of carboxylic acids is 1. The molecule has 0 amide bonds. The van der Waals surface area contributed by atoms with Crippen LogP contribution in [0.2, 0.25) is 0 Å². The summed E-state index contributed by atoms with van der Waals surface area (Å²) >= 11 is 0. The number of aliphatic hydroxyl groups is 2. The van der Waals surface area contributed by atoms with E-state index in [0.717, 1.165) is 56.8 Å². The van der Waals surface area contributed by atoms with Crippen molar-refractivity contribution < 1.29 is 20.1 Å². The molecule has 4 aliphatic carbocycles. The second-order valence-corrected chi connectivity index (χ2v) is 12.1. The normalized spacial score (nSPS) is 49.0. The van der Waals surface area contributed by atoms with Crippen molar-refractivity contribution in [2.75, 3.05) is 0 Å². The number of fused-ring (bicyclic) bond motifs is 5. The van der Waals surface area contributed by atoms with Gasteiger partial charge < -0.3 is 15.3 Å². The van der Waals surface area contributed by atoms with Crippen LogP contribution in [0.5, 0.6) is 0 Å². The van der Waals surface area contributed by atoms with Gasteiger partial charge >= 0.3 is 5.97 Å². The lowest BCUT2D eigenvalue weighted by atomic mass is 9.44. The molecular formula is C26H44O4. The number of unbranched alkanes of at least 4 members (excludes halogenated alkanes) is 1. The first-order chi connectivity index (χ1) is 14.2. The highest BCUT2D eigenvalue weighted by Crippen LogP contribution is 2.68. The van der Waals surface area contributed by atoms with Crippen molar-refractivity contribution in [3.05, 3.63) is 0 Å². The molecule has 4 heteroatoms. The molecule has 0 heterocycles. The third-order valence-electron chi connectivity index (χ3n) is 10.7. The van der Waals surface area contributed by atoms with Crippen LogP contribution in [-0.2, 0) is 4.79 Å². The maximum absolute atomic E-state index is 11.1. The molecule has 0 aromatic rings. The van der Waals surface area contributed by atoms with Gasteiger partial charge in [-0.3, -0.25) is 4.79 Å². The number of carboxylic acid groups (broad SMARTS) is 1. The van der Waals surface area contributed by atoms with Gasteiger partial charge in [-0.05, 0) is 104 Å². The number of rotatable bonds is 6. The van der Waals surface area contributed by atoms with Crippen molar-refractivity contribution in [3.63, 3.8) is 0 Å². The molecule has 4 aliphatic rings. The molecular weight excluding hydrogens is 376 g/mol. The van der Waals surface area contributed by atoms with Crippen LogP contribution in [0.1, 0.15) is 97.8 Å². The van der Waals surface area contributed by atoms with Gasteiger partial charge in [-0.1, -0.05) is 33.6 Å². The van der Waals surface area contributed by atoms with E-state index < -0.39 is 5.97 Å². The second-order valence-electron chi connectivity index (χ2n) is 12.1. The average Bonchev–Trinajstić information content (AvgIpc) is 3.04. The van der Waals surface area contributed by atoms with Crippen LogP contribution in [0.4, 0.5) is 0 Å². The first-order valence-corrected chi connectivity index (χ1v) is 12.7. The van der Waals surface area contributed by atoms with Crippen LogP contribution >= 0.6 is 0 Å². The zero-order chi connectivity index (χ0) is 21.7. The number of aliphatic hydroxyl groups excluding tert-OH is 2. The zero-order valence-corrected chi connectivity index (χ0v) is 19.4. The molecule has 172 valence electrons. The molecule has 1 unspecified atom stereocenters. The Morgan fingerprint density at radius 1 is 0.933 bits per heavy atom. The third kappa shape index (κ3) is 3.74. The van der Waals surface area contributed by atoms with E-state index in [1.165, 1.54) is 25.7 Å². The molecule has 0 aromatic carbocycles. The molecule has 10 atom stereocenters. The minimum atomic E-state index is -0.674. The molecule has 0 aromatic heterocycles. The predicted octanol–water partition coefficient (Wildman–Crippen LogP) is 5.26. The Balaban J connectivity index is 1.46. The Hall–Kier alpha value is -0.610. The molecule has 0 saturated heterocycles. The molecule has 30 heavy (non-hydrogen) atoms. The lowest BCUT2D eigenvalue weighted by molar-refractivity contribution is -0.172. The van der Waals surface area contributed by atoms with Crippen LogP contribution in [-0.4, -0.2) is 33.5 Å². The van der Waals surface area contributed by atoms with E-state index in [1.54, 1.807) is 0 Å². The summed E-state index contributed by atoms with van der Waals surface area (Å²) in [5.74, 6) is 3.07. The van der Waals surface area contributed by atoms with Gasteiger partial charge in [0.1, 0.15) is 0 Å².